The van der Waals surface area contributed by atoms with E-state index in [4.69, 9.17) is 11.6 Å². The Morgan fingerprint density at radius 3 is 2.60 bits per heavy atom. The third-order valence-electron chi connectivity index (χ3n) is 3.50. The van der Waals surface area contributed by atoms with Gasteiger partial charge in [-0.1, -0.05) is 51.3 Å². The molecule has 1 N–H and O–H groups in total. The molecule has 2 aromatic rings. The number of hydrogen-bond acceptors (Lipinski definition) is 1. The van der Waals surface area contributed by atoms with Gasteiger partial charge in [0, 0.05) is 22.1 Å². The zero-order valence-corrected chi connectivity index (χ0v) is 14.3. The van der Waals surface area contributed by atoms with Gasteiger partial charge in [0.1, 0.15) is 0 Å². The van der Waals surface area contributed by atoms with Crippen molar-refractivity contribution in [1.82, 2.24) is 5.32 Å². The maximum atomic E-state index is 6.04. The van der Waals surface area contributed by atoms with Gasteiger partial charge in [-0.3, -0.25) is 0 Å². The summed E-state index contributed by atoms with van der Waals surface area (Å²) >= 11 is 9.61. The zero-order valence-electron chi connectivity index (χ0n) is 12.0. The van der Waals surface area contributed by atoms with Gasteiger partial charge in [-0.05, 0) is 55.7 Å². The van der Waals surface area contributed by atoms with E-state index >= 15 is 0 Å². The minimum Gasteiger partial charge on any atom is -0.306 e. The van der Waals surface area contributed by atoms with Crippen molar-refractivity contribution in [3.05, 3.63) is 68.1 Å². The third-order valence-corrected chi connectivity index (χ3v) is 4.51. The van der Waals surface area contributed by atoms with Crippen molar-refractivity contribution in [2.45, 2.75) is 33.4 Å². The molecule has 2 rings (SSSR count). The minimum atomic E-state index is 0.307. The average molecular weight is 353 g/mol. The van der Waals surface area contributed by atoms with Crippen molar-refractivity contribution in [3.63, 3.8) is 0 Å². The Kier molecular flexibility index (Phi) is 5.25. The Bertz CT molecular complexity index is 610. The van der Waals surface area contributed by atoms with E-state index in [1.54, 1.807) is 0 Å². The molecule has 0 radical (unpaired) electrons. The number of aryl methyl sites for hydroxylation is 2. The Morgan fingerprint density at radius 2 is 1.90 bits per heavy atom. The molecule has 0 saturated heterocycles. The molecule has 0 aliphatic heterocycles. The molecule has 3 heteroatoms. The first-order valence-electron chi connectivity index (χ1n) is 6.72. The fourth-order valence-corrected chi connectivity index (χ4v) is 2.94. The lowest BCUT2D eigenvalue weighted by atomic mass is 10.00. The maximum absolute atomic E-state index is 6.04. The highest BCUT2D eigenvalue weighted by Crippen LogP contribution is 2.23. The highest BCUT2D eigenvalue weighted by molar-refractivity contribution is 9.10. The van der Waals surface area contributed by atoms with E-state index in [0.29, 0.717) is 6.04 Å². The first-order valence-corrected chi connectivity index (χ1v) is 7.89. The summed E-state index contributed by atoms with van der Waals surface area (Å²) in [6.45, 7) is 7.26. The molecule has 1 atom stereocenters. The van der Waals surface area contributed by atoms with Crippen molar-refractivity contribution >= 4 is 27.5 Å². The summed E-state index contributed by atoms with van der Waals surface area (Å²) in [5.74, 6) is 0. The van der Waals surface area contributed by atoms with Crippen molar-refractivity contribution in [1.29, 1.82) is 0 Å². The molecule has 2 aromatic carbocycles. The molecule has 1 unspecified atom stereocenters. The van der Waals surface area contributed by atoms with Gasteiger partial charge in [0.25, 0.3) is 0 Å². The van der Waals surface area contributed by atoms with E-state index in [1.165, 1.54) is 22.3 Å². The molecule has 0 aliphatic rings. The topological polar surface area (TPSA) is 12.0 Å². The van der Waals surface area contributed by atoms with E-state index in [-0.39, 0.29) is 0 Å². The largest absolute Gasteiger partial charge is 0.306 e. The highest BCUT2D eigenvalue weighted by Gasteiger charge is 2.09. The number of benzene rings is 2. The lowest BCUT2D eigenvalue weighted by Crippen LogP contribution is -2.19. The molecule has 20 heavy (non-hydrogen) atoms. The summed E-state index contributed by atoms with van der Waals surface area (Å²) in [6, 6.07) is 12.8. The normalized spacial score (nSPS) is 12.4. The maximum Gasteiger partial charge on any atom is 0.0410 e. The van der Waals surface area contributed by atoms with Crippen LogP contribution in [0.5, 0.6) is 0 Å². The van der Waals surface area contributed by atoms with Crippen molar-refractivity contribution < 1.29 is 0 Å². The van der Waals surface area contributed by atoms with Crippen LogP contribution in [0.4, 0.5) is 0 Å². The van der Waals surface area contributed by atoms with E-state index in [2.05, 4.69) is 60.2 Å². The molecule has 0 heterocycles. The van der Waals surface area contributed by atoms with Gasteiger partial charge in [-0.2, -0.15) is 0 Å². The smallest absolute Gasteiger partial charge is 0.0410 e. The van der Waals surface area contributed by atoms with Crippen LogP contribution in [0.15, 0.2) is 40.9 Å². The summed E-state index contributed by atoms with van der Waals surface area (Å²) in [5, 5.41) is 4.32. The first kappa shape index (κ1) is 15.6. The Labute approximate surface area is 134 Å². The monoisotopic (exact) mass is 351 g/mol. The van der Waals surface area contributed by atoms with Gasteiger partial charge in [0.15, 0.2) is 0 Å². The van der Waals surface area contributed by atoms with Crippen LogP contribution in [0.3, 0.4) is 0 Å². The summed E-state index contributed by atoms with van der Waals surface area (Å²) in [6.07, 6.45) is 0. The summed E-state index contributed by atoms with van der Waals surface area (Å²) < 4.78 is 1.09. The minimum absolute atomic E-state index is 0.307. The van der Waals surface area contributed by atoms with E-state index < -0.39 is 0 Å². The number of nitrogens with one attached hydrogen (secondary N) is 1. The average Bonchev–Trinajstić information content (AvgIpc) is 2.39. The van der Waals surface area contributed by atoms with Gasteiger partial charge in [-0.25, -0.2) is 0 Å². The first-order chi connectivity index (χ1) is 9.47. The van der Waals surface area contributed by atoms with Gasteiger partial charge >= 0.3 is 0 Å². The van der Waals surface area contributed by atoms with Gasteiger partial charge in [0.2, 0.25) is 0 Å². The quantitative estimate of drug-likeness (QED) is 0.758. The molecule has 106 valence electrons. The third kappa shape index (κ3) is 3.85. The second-order valence-corrected chi connectivity index (χ2v) is 6.49. The fraction of sp³-hybridized carbons (Fsp3) is 0.294. The van der Waals surface area contributed by atoms with Crippen molar-refractivity contribution in [2.24, 2.45) is 0 Å². The van der Waals surface area contributed by atoms with Crippen molar-refractivity contribution in [3.8, 4) is 0 Å². The summed E-state index contributed by atoms with van der Waals surface area (Å²) in [4.78, 5) is 0. The standard InChI is InChI=1S/C17H19BrClN/c1-11-4-6-16(12(2)8-11)13(3)20-10-14-9-15(19)5-7-17(14)18/h4-9,13,20H,10H2,1-3H3. The Morgan fingerprint density at radius 1 is 1.15 bits per heavy atom. The molecule has 0 bridgehead atoms. The van der Waals surface area contributed by atoms with Crippen molar-refractivity contribution in [2.75, 3.05) is 0 Å². The fourth-order valence-electron chi connectivity index (χ4n) is 2.36. The highest BCUT2D eigenvalue weighted by atomic mass is 79.9. The van der Waals surface area contributed by atoms with Crippen LogP contribution >= 0.6 is 27.5 Å². The van der Waals surface area contributed by atoms with Crippen LogP contribution in [0.1, 0.15) is 35.2 Å². The number of hydrogen-bond donors (Lipinski definition) is 1. The molecular formula is C17H19BrClN. The second-order valence-electron chi connectivity index (χ2n) is 5.20. The van der Waals surface area contributed by atoms with Crippen LogP contribution in [-0.4, -0.2) is 0 Å². The number of rotatable bonds is 4. The lowest BCUT2D eigenvalue weighted by Gasteiger charge is -2.18. The SMILES string of the molecule is Cc1ccc(C(C)NCc2cc(Cl)ccc2Br)c(C)c1. The molecule has 0 spiro atoms. The van der Waals surface area contributed by atoms with E-state index in [1.807, 2.05) is 18.2 Å². The molecule has 0 aliphatic carbocycles. The second kappa shape index (κ2) is 6.75. The zero-order chi connectivity index (χ0) is 14.7. The predicted molar refractivity (Wildman–Crippen MR) is 90.3 cm³/mol. The predicted octanol–water partition coefficient (Wildman–Crippen LogP) is 5.57. The van der Waals surface area contributed by atoms with Gasteiger partial charge < -0.3 is 5.32 Å². The lowest BCUT2D eigenvalue weighted by molar-refractivity contribution is 0.571. The molecule has 0 amide bonds. The Balaban J connectivity index is 2.08. The molecule has 0 saturated carbocycles. The van der Waals surface area contributed by atoms with Crippen LogP contribution in [0.2, 0.25) is 5.02 Å². The van der Waals surface area contributed by atoms with Crippen LogP contribution < -0.4 is 5.32 Å². The van der Waals surface area contributed by atoms with E-state index in [9.17, 15) is 0 Å². The molecule has 1 nitrogen and oxygen atoms in total. The van der Waals surface area contributed by atoms with Crippen LogP contribution in [0, 0.1) is 13.8 Å². The van der Waals surface area contributed by atoms with E-state index in [0.717, 1.165) is 16.0 Å². The molecular weight excluding hydrogens is 334 g/mol. The molecule has 0 fully saturated rings. The van der Waals surface area contributed by atoms with Crippen LogP contribution in [-0.2, 0) is 6.54 Å². The van der Waals surface area contributed by atoms with Crippen LogP contribution in [0.25, 0.3) is 0 Å². The summed E-state index contributed by atoms with van der Waals surface area (Å²) in [5.41, 5.74) is 5.15. The Hall–Kier alpha value is -0.830. The number of halogens is 2. The van der Waals surface area contributed by atoms with Gasteiger partial charge in [-0.15, -0.1) is 0 Å². The van der Waals surface area contributed by atoms with Gasteiger partial charge in [0.05, 0.1) is 0 Å². The summed E-state index contributed by atoms with van der Waals surface area (Å²) in [7, 11) is 0. The molecule has 0 aromatic heterocycles.